The molecule has 0 saturated carbocycles. The molecule has 0 atom stereocenters. The predicted molar refractivity (Wildman–Crippen MR) is 109 cm³/mol. The third kappa shape index (κ3) is 4.06. The molecule has 2 aromatic heterocycles. The number of aromatic amines is 1. The van der Waals surface area contributed by atoms with Gasteiger partial charge in [-0.05, 0) is 37.1 Å². The molecule has 0 aliphatic rings. The summed E-state index contributed by atoms with van der Waals surface area (Å²) in [7, 11) is 0. The number of halogens is 2. The smallest absolute Gasteiger partial charge is 0.259 e. The second kappa shape index (κ2) is 7.74. The Morgan fingerprint density at radius 2 is 2.08 bits per heavy atom. The molecular weight excluding hydrogens is 391 g/mol. The topological polar surface area (TPSA) is 62.8 Å². The standard InChI is InChI=1S/C19H16Cl2N2O2S/c1-10-11(2)26-19-17(10)18(25)22-16(23-19)9-14(24)5-3-4-12-6-7-13(20)8-15(12)21/h3-4,6-8H,5,9H2,1-2H3,(H,22,23,25)/b4-3+. The first-order valence-corrected chi connectivity index (χ1v) is 9.54. The molecule has 0 spiro atoms. The SMILES string of the molecule is Cc1sc2nc(CC(=O)C/C=C/c3ccc(Cl)cc3Cl)[nH]c(=O)c2c1C. The van der Waals surface area contributed by atoms with Gasteiger partial charge in [-0.3, -0.25) is 9.59 Å². The van der Waals surface area contributed by atoms with Crippen LogP contribution >= 0.6 is 34.5 Å². The summed E-state index contributed by atoms with van der Waals surface area (Å²) in [6, 6.07) is 5.18. The summed E-state index contributed by atoms with van der Waals surface area (Å²) < 4.78 is 0. The summed E-state index contributed by atoms with van der Waals surface area (Å²) in [5.41, 5.74) is 1.55. The maximum absolute atomic E-state index is 12.2. The van der Waals surface area contributed by atoms with Crippen LogP contribution in [0.5, 0.6) is 0 Å². The zero-order chi connectivity index (χ0) is 18.8. The van der Waals surface area contributed by atoms with Crippen LogP contribution in [0.4, 0.5) is 0 Å². The van der Waals surface area contributed by atoms with Crippen LogP contribution < -0.4 is 5.56 Å². The number of nitrogens with zero attached hydrogens (tertiary/aromatic N) is 1. The highest BCUT2D eigenvalue weighted by Gasteiger charge is 2.13. The summed E-state index contributed by atoms with van der Waals surface area (Å²) in [6.45, 7) is 3.86. The molecule has 1 N–H and O–H groups in total. The number of hydrogen-bond donors (Lipinski definition) is 1. The number of H-pyrrole nitrogens is 1. The number of carbonyl (C=O) groups excluding carboxylic acids is 1. The highest BCUT2D eigenvalue weighted by Crippen LogP contribution is 2.26. The number of hydrogen-bond acceptors (Lipinski definition) is 4. The predicted octanol–water partition coefficient (Wildman–Crippen LogP) is 5.12. The molecule has 7 heteroatoms. The van der Waals surface area contributed by atoms with Crippen LogP contribution in [0.25, 0.3) is 16.3 Å². The van der Waals surface area contributed by atoms with Crippen LogP contribution in [0.2, 0.25) is 10.0 Å². The normalized spacial score (nSPS) is 11.5. The number of aryl methyl sites for hydroxylation is 2. The number of nitrogens with one attached hydrogen (secondary N) is 1. The van der Waals surface area contributed by atoms with Gasteiger partial charge in [-0.2, -0.15) is 0 Å². The summed E-state index contributed by atoms with van der Waals surface area (Å²) >= 11 is 13.4. The number of aromatic nitrogens is 2. The van der Waals surface area contributed by atoms with Crippen molar-refractivity contribution >= 4 is 56.6 Å². The summed E-state index contributed by atoms with van der Waals surface area (Å²) in [5.74, 6) is 0.352. The third-order valence-electron chi connectivity index (χ3n) is 4.06. The fraction of sp³-hybridized carbons (Fsp3) is 0.211. The second-order valence-electron chi connectivity index (χ2n) is 5.96. The van der Waals surface area contributed by atoms with Crippen molar-refractivity contribution in [3.8, 4) is 0 Å². The van der Waals surface area contributed by atoms with Gasteiger partial charge in [0, 0.05) is 21.3 Å². The molecule has 0 fully saturated rings. The minimum absolute atomic E-state index is 0.0427. The van der Waals surface area contributed by atoms with Crippen molar-refractivity contribution in [1.29, 1.82) is 0 Å². The molecule has 0 saturated heterocycles. The zero-order valence-corrected chi connectivity index (χ0v) is 16.6. The highest BCUT2D eigenvalue weighted by atomic mass is 35.5. The van der Waals surface area contributed by atoms with Gasteiger partial charge < -0.3 is 4.98 Å². The molecule has 0 bridgehead atoms. The van der Waals surface area contributed by atoms with E-state index in [1.807, 2.05) is 13.8 Å². The minimum atomic E-state index is -0.192. The Morgan fingerprint density at radius 1 is 1.31 bits per heavy atom. The number of ketones is 1. The Morgan fingerprint density at radius 3 is 2.81 bits per heavy atom. The lowest BCUT2D eigenvalue weighted by Crippen LogP contribution is -2.14. The lowest BCUT2D eigenvalue weighted by molar-refractivity contribution is -0.117. The third-order valence-corrected chi connectivity index (χ3v) is 5.72. The van der Waals surface area contributed by atoms with Crippen molar-refractivity contribution in [2.45, 2.75) is 26.7 Å². The molecule has 3 aromatic rings. The van der Waals surface area contributed by atoms with Crippen LogP contribution in [0, 0.1) is 13.8 Å². The maximum atomic E-state index is 12.2. The van der Waals surface area contributed by atoms with Crippen molar-refractivity contribution in [3.63, 3.8) is 0 Å². The number of Topliss-reactive ketones (excluding diaryl/α,β-unsaturated/α-hetero) is 1. The van der Waals surface area contributed by atoms with Crippen LogP contribution in [0.3, 0.4) is 0 Å². The van der Waals surface area contributed by atoms with E-state index in [9.17, 15) is 9.59 Å². The molecule has 0 radical (unpaired) electrons. The monoisotopic (exact) mass is 406 g/mol. The first-order chi connectivity index (χ1) is 12.3. The highest BCUT2D eigenvalue weighted by molar-refractivity contribution is 7.18. The molecule has 0 aliphatic carbocycles. The fourth-order valence-electron chi connectivity index (χ4n) is 2.60. The Hall–Kier alpha value is -1.95. The molecule has 1 aromatic carbocycles. The van der Waals surface area contributed by atoms with E-state index in [0.717, 1.165) is 16.0 Å². The number of fused-ring (bicyclic) bond motifs is 1. The number of carbonyl (C=O) groups is 1. The van der Waals surface area contributed by atoms with Crippen molar-refractivity contribution in [3.05, 3.63) is 66.5 Å². The largest absolute Gasteiger partial charge is 0.310 e. The van der Waals surface area contributed by atoms with E-state index in [2.05, 4.69) is 9.97 Å². The van der Waals surface area contributed by atoms with E-state index in [0.29, 0.717) is 26.1 Å². The Labute approximate surface area is 164 Å². The summed E-state index contributed by atoms with van der Waals surface area (Å²) in [5, 5.41) is 1.70. The van der Waals surface area contributed by atoms with Gasteiger partial charge in [0.05, 0.1) is 11.8 Å². The second-order valence-corrected chi connectivity index (χ2v) is 8.01. The van der Waals surface area contributed by atoms with Crippen molar-refractivity contribution in [2.75, 3.05) is 0 Å². The van der Waals surface area contributed by atoms with Gasteiger partial charge in [0.1, 0.15) is 16.4 Å². The van der Waals surface area contributed by atoms with E-state index < -0.39 is 0 Å². The van der Waals surface area contributed by atoms with E-state index in [4.69, 9.17) is 23.2 Å². The Bertz CT molecular complexity index is 1080. The number of rotatable bonds is 5. The first-order valence-electron chi connectivity index (χ1n) is 7.97. The maximum Gasteiger partial charge on any atom is 0.259 e. The fourth-order valence-corrected chi connectivity index (χ4v) is 4.12. The molecule has 3 rings (SSSR count). The molecule has 4 nitrogen and oxygen atoms in total. The lowest BCUT2D eigenvalue weighted by Gasteiger charge is -2.00. The average molecular weight is 407 g/mol. The van der Waals surface area contributed by atoms with E-state index in [1.54, 1.807) is 30.4 Å². The minimum Gasteiger partial charge on any atom is -0.310 e. The van der Waals surface area contributed by atoms with Gasteiger partial charge in [0.25, 0.3) is 5.56 Å². The molecule has 0 aliphatic heterocycles. The molecule has 0 amide bonds. The van der Waals surface area contributed by atoms with E-state index in [1.165, 1.54) is 11.3 Å². The van der Waals surface area contributed by atoms with Gasteiger partial charge in [0.2, 0.25) is 0 Å². The van der Waals surface area contributed by atoms with E-state index in [-0.39, 0.29) is 24.2 Å². The van der Waals surface area contributed by atoms with Crippen LogP contribution in [-0.2, 0) is 11.2 Å². The molecule has 26 heavy (non-hydrogen) atoms. The van der Waals surface area contributed by atoms with Crippen LogP contribution in [0.15, 0.2) is 29.1 Å². The lowest BCUT2D eigenvalue weighted by atomic mass is 10.1. The van der Waals surface area contributed by atoms with Crippen molar-refractivity contribution in [2.24, 2.45) is 0 Å². The molecule has 134 valence electrons. The van der Waals surface area contributed by atoms with Crippen LogP contribution in [0.1, 0.15) is 28.2 Å². The van der Waals surface area contributed by atoms with Crippen molar-refractivity contribution < 1.29 is 4.79 Å². The van der Waals surface area contributed by atoms with Gasteiger partial charge in [0.15, 0.2) is 0 Å². The quantitative estimate of drug-likeness (QED) is 0.638. The molecule has 2 heterocycles. The van der Waals surface area contributed by atoms with Gasteiger partial charge in [-0.1, -0.05) is 41.4 Å². The zero-order valence-electron chi connectivity index (χ0n) is 14.2. The number of thiophene rings is 1. The summed E-state index contributed by atoms with van der Waals surface area (Å²) in [6.07, 6.45) is 3.83. The molecular formula is C19H16Cl2N2O2S. The summed E-state index contributed by atoms with van der Waals surface area (Å²) in [4.78, 5) is 33.3. The van der Waals surface area contributed by atoms with Crippen molar-refractivity contribution in [1.82, 2.24) is 9.97 Å². The van der Waals surface area contributed by atoms with Gasteiger partial charge in [-0.15, -0.1) is 11.3 Å². The molecule has 0 unspecified atom stereocenters. The Kier molecular flexibility index (Phi) is 5.61. The average Bonchev–Trinajstić information content (AvgIpc) is 2.84. The number of benzene rings is 1. The Balaban J connectivity index is 1.71. The van der Waals surface area contributed by atoms with E-state index >= 15 is 0 Å². The van der Waals surface area contributed by atoms with Crippen LogP contribution in [-0.4, -0.2) is 15.8 Å². The van der Waals surface area contributed by atoms with Gasteiger partial charge >= 0.3 is 0 Å². The first kappa shape index (κ1) is 18.8. The number of allylic oxidation sites excluding steroid dienone is 1. The van der Waals surface area contributed by atoms with Gasteiger partial charge in [-0.25, -0.2) is 4.98 Å².